The number of benzene rings is 5. The lowest BCUT2D eigenvalue weighted by Gasteiger charge is -2.36. The van der Waals surface area contributed by atoms with Crippen LogP contribution in [-0.2, 0) is 24.5 Å². The zero-order valence-electron chi connectivity index (χ0n) is 26.2. The molecule has 0 aliphatic carbocycles. The summed E-state index contributed by atoms with van der Waals surface area (Å²) in [7, 11) is 0.546. The van der Waals surface area contributed by atoms with Gasteiger partial charge in [0.05, 0.1) is 0 Å². The van der Waals surface area contributed by atoms with Gasteiger partial charge in [0.25, 0.3) is 0 Å². The van der Waals surface area contributed by atoms with E-state index in [9.17, 15) is 5.11 Å². The van der Waals surface area contributed by atoms with Crippen LogP contribution in [0, 0.1) is 0 Å². The lowest BCUT2D eigenvalue weighted by Crippen LogP contribution is -2.25. The van der Waals surface area contributed by atoms with Crippen LogP contribution in [-0.4, -0.2) is 5.11 Å². The van der Waals surface area contributed by atoms with E-state index in [1.54, 1.807) is 0 Å². The SMILES string of the molecule is CCCCCC(CC)(Pc1ccccc1CNc1ccccc1)c1cc(Cc2ccccc2)cc(Cc2ccccc2)c1O. The van der Waals surface area contributed by atoms with Crippen molar-refractivity contribution in [3.8, 4) is 5.75 Å². The quantitative estimate of drug-likeness (QED) is 0.0927. The standard InChI is InChI=1S/C41H46NOP/c1-3-5-17-26-41(4-2,44-39-25-16-15-22-35(39)31-42-37-23-13-8-14-24-37)38-30-34(27-32-18-9-6-10-19-32)29-36(40(38)43)28-33-20-11-7-12-21-33/h6-16,18-25,29-30,42-44H,3-5,17,26-28,31H2,1-2H3. The third kappa shape index (κ3) is 8.19. The molecule has 0 saturated heterocycles. The van der Waals surface area contributed by atoms with Gasteiger partial charge >= 0.3 is 0 Å². The minimum Gasteiger partial charge on any atom is -0.507 e. The Balaban J connectivity index is 1.57. The average molecular weight is 600 g/mol. The van der Waals surface area contributed by atoms with E-state index in [4.69, 9.17) is 0 Å². The van der Waals surface area contributed by atoms with Crippen LogP contribution in [0.5, 0.6) is 5.75 Å². The smallest absolute Gasteiger partial charge is 0.123 e. The molecule has 0 bridgehead atoms. The summed E-state index contributed by atoms with van der Waals surface area (Å²) in [4.78, 5) is 0. The van der Waals surface area contributed by atoms with Crippen LogP contribution in [0.15, 0.2) is 127 Å². The summed E-state index contributed by atoms with van der Waals surface area (Å²) in [5.41, 5.74) is 8.39. The molecule has 0 radical (unpaired) electrons. The molecule has 226 valence electrons. The van der Waals surface area contributed by atoms with E-state index in [-0.39, 0.29) is 5.16 Å². The van der Waals surface area contributed by atoms with Crippen LogP contribution in [0.4, 0.5) is 5.69 Å². The van der Waals surface area contributed by atoms with Gasteiger partial charge in [0.1, 0.15) is 5.75 Å². The maximum absolute atomic E-state index is 12.2. The number of rotatable bonds is 15. The predicted octanol–water partition coefficient (Wildman–Crippen LogP) is 10.4. The molecule has 0 aromatic heterocycles. The highest BCUT2D eigenvalue weighted by molar-refractivity contribution is 7.48. The van der Waals surface area contributed by atoms with Crippen LogP contribution in [0.1, 0.15) is 79.3 Å². The van der Waals surface area contributed by atoms with Crippen molar-refractivity contribution in [2.75, 3.05) is 5.32 Å². The Morgan fingerprint density at radius 3 is 1.91 bits per heavy atom. The fourth-order valence-corrected chi connectivity index (χ4v) is 8.05. The van der Waals surface area contributed by atoms with Crippen molar-refractivity contribution in [3.05, 3.63) is 161 Å². The van der Waals surface area contributed by atoms with Crippen molar-refractivity contribution < 1.29 is 5.11 Å². The van der Waals surface area contributed by atoms with Crippen LogP contribution >= 0.6 is 8.58 Å². The molecule has 0 aliphatic heterocycles. The first-order valence-corrected chi connectivity index (χ1v) is 17.2. The van der Waals surface area contributed by atoms with Gasteiger partial charge in [-0.2, -0.15) is 0 Å². The average Bonchev–Trinajstić information content (AvgIpc) is 3.07. The first-order chi connectivity index (χ1) is 21.6. The van der Waals surface area contributed by atoms with Crippen molar-refractivity contribution in [3.63, 3.8) is 0 Å². The first kappa shape index (κ1) is 31.6. The summed E-state index contributed by atoms with van der Waals surface area (Å²) in [5, 5.41) is 17.0. The van der Waals surface area contributed by atoms with Crippen molar-refractivity contribution in [1.29, 1.82) is 0 Å². The number of phenols is 1. The Bertz CT molecular complexity index is 1590. The van der Waals surface area contributed by atoms with Gasteiger partial charge in [0, 0.05) is 29.4 Å². The van der Waals surface area contributed by atoms with Gasteiger partial charge in [0.15, 0.2) is 0 Å². The van der Waals surface area contributed by atoms with Gasteiger partial charge < -0.3 is 10.4 Å². The maximum Gasteiger partial charge on any atom is 0.123 e. The van der Waals surface area contributed by atoms with Gasteiger partial charge in [-0.15, -0.1) is 0 Å². The number of nitrogens with one attached hydrogen (secondary N) is 1. The van der Waals surface area contributed by atoms with E-state index in [1.165, 1.54) is 40.4 Å². The second kappa shape index (κ2) is 15.7. The highest BCUT2D eigenvalue weighted by Crippen LogP contribution is 2.52. The third-order valence-corrected chi connectivity index (χ3v) is 10.8. The zero-order valence-corrected chi connectivity index (χ0v) is 27.2. The number of hydrogen-bond donors (Lipinski definition) is 2. The molecule has 5 aromatic carbocycles. The van der Waals surface area contributed by atoms with E-state index in [1.807, 2.05) is 0 Å². The molecule has 5 aromatic rings. The molecule has 44 heavy (non-hydrogen) atoms. The highest BCUT2D eigenvalue weighted by Gasteiger charge is 2.35. The molecule has 0 heterocycles. The number of phenolic OH excluding ortho intramolecular Hbond substituents is 1. The maximum atomic E-state index is 12.2. The minimum absolute atomic E-state index is 0.153. The lowest BCUT2D eigenvalue weighted by atomic mass is 9.85. The molecule has 2 nitrogen and oxygen atoms in total. The van der Waals surface area contributed by atoms with Crippen molar-refractivity contribution in [1.82, 2.24) is 0 Å². The largest absolute Gasteiger partial charge is 0.507 e. The Kier molecular flexibility index (Phi) is 11.3. The third-order valence-electron chi connectivity index (χ3n) is 8.71. The highest BCUT2D eigenvalue weighted by atomic mass is 31.1. The molecule has 0 aliphatic rings. The van der Waals surface area contributed by atoms with Crippen LogP contribution in [0.25, 0.3) is 0 Å². The number of anilines is 1. The molecule has 0 amide bonds. The van der Waals surface area contributed by atoms with E-state index < -0.39 is 0 Å². The van der Waals surface area contributed by atoms with Crippen molar-refractivity contribution >= 4 is 19.6 Å². The Morgan fingerprint density at radius 1 is 0.636 bits per heavy atom. The Hall–Kier alpha value is -3.87. The van der Waals surface area contributed by atoms with Crippen molar-refractivity contribution in [2.24, 2.45) is 0 Å². The topological polar surface area (TPSA) is 32.3 Å². The molecule has 3 heteroatoms. The normalized spacial score (nSPS) is 12.8. The Labute approximate surface area is 266 Å². The summed E-state index contributed by atoms with van der Waals surface area (Å²) < 4.78 is 0. The molecular weight excluding hydrogens is 553 g/mol. The van der Waals surface area contributed by atoms with Gasteiger partial charge in [-0.05, 0) is 64.5 Å². The van der Waals surface area contributed by atoms with E-state index in [0.29, 0.717) is 14.3 Å². The van der Waals surface area contributed by atoms with Crippen molar-refractivity contribution in [2.45, 2.75) is 70.5 Å². The second-order valence-corrected chi connectivity index (χ2v) is 13.6. The Morgan fingerprint density at radius 2 is 1.25 bits per heavy atom. The summed E-state index contributed by atoms with van der Waals surface area (Å²) in [5.74, 6) is 0.483. The van der Waals surface area contributed by atoms with E-state index in [2.05, 4.69) is 147 Å². The summed E-state index contributed by atoms with van der Waals surface area (Å²) in [6.07, 6.45) is 7.14. The fourth-order valence-electron chi connectivity index (χ4n) is 6.21. The van der Waals surface area contributed by atoms with Gasteiger partial charge in [-0.3, -0.25) is 0 Å². The van der Waals surface area contributed by atoms with Gasteiger partial charge in [0.2, 0.25) is 0 Å². The molecule has 0 spiro atoms. The van der Waals surface area contributed by atoms with Gasteiger partial charge in [-0.25, -0.2) is 0 Å². The number of unbranched alkanes of at least 4 members (excludes halogenated alkanes) is 2. The molecule has 2 unspecified atom stereocenters. The molecule has 0 saturated carbocycles. The minimum atomic E-state index is -0.153. The number of para-hydroxylation sites is 1. The molecule has 2 atom stereocenters. The summed E-state index contributed by atoms with van der Waals surface area (Å²) in [6, 6.07) is 45.2. The molecule has 5 rings (SSSR count). The second-order valence-electron chi connectivity index (χ2n) is 11.9. The van der Waals surface area contributed by atoms with E-state index in [0.717, 1.165) is 55.5 Å². The monoisotopic (exact) mass is 599 g/mol. The van der Waals surface area contributed by atoms with Crippen LogP contribution in [0.3, 0.4) is 0 Å². The van der Waals surface area contributed by atoms with E-state index >= 15 is 0 Å². The predicted molar refractivity (Wildman–Crippen MR) is 191 cm³/mol. The summed E-state index contributed by atoms with van der Waals surface area (Å²) >= 11 is 0. The molecular formula is C41H46NOP. The van der Waals surface area contributed by atoms with Gasteiger partial charge in [-0.1, -0.05) is 157 Å². The zero-order chi connectivity index (χ0) is 30.6. The fraction of sp³-hybridized carbons (Fsp3) is 0.268. The number of aromatic hydroxyl groups is 1. The lowest BCUT2D eigenvalue weighted by molar-refractivity contribution is 0.432. The summed E-state index contributed by atoms with van der Waals surface area (Å²) in [6.45, 7) is 5.38. The first-order valence-electron chi connectivity index (χ1n) is 16.2. The van der Waals surface area contributed by atoms with Crippen LogP contribution in [0.2, 0.25) is 0 Å². The molecule has 0 fully saturated rings. The number of hydrogen-bond acceptors (Lipinski definition) is 2. The molecule has 2 N–H and O–H groups in total. The van der Waals surface area contributed by atoms with Crippen LogP contribution < -0.4 is 10.6 Å².